The maximum Gasteiger partial charge on any atom is 0.260 e. The predicted octanol–water partition coefficient (Wildman–Crippen LogP) is 2.94. The molecule has 1 aliphatic heterocycles. The Hall–Kier alpha value is -3.34. The summed E-state index contributed by atoms with van der Waals surface area (Å²) in [6.45, 7) is 1.77. The molecule has 11 heteroatoms. The summed E-state index contributed by atoms with van der Waals surface area (Å²) in [4.78, 5) is 13.8. The van der Waals surface area contributed by atoms with E-state index in [9.17, 15) is 22.4 Å². The van der Waals surface area contributed by atoms with Gasteiger partial charge in [0.15, 0.2) is 41.4 Å². The van der Waals surface area contributed by atoms with Gasteiger partial charge in [0.05, 0.1) is 26.5 Å². The topological polar surface area (TPSA) is 72.4 Å². The average Bonchev–Trinajstić information content (AvgIpc) is 2.79. The fourth-order valence-corrected chi connectivity index (χ4v) is 2.77. The molecule has 1 N–H and O–H groups in total. The van der Waals surface area contributed by atoms with Crippen LogP contribution in [0, 0.1) is 23.3 Å². The summed E-state index contributed by atoms with van der Waals surface area (Å²) in [5.41, 5.74) is 1.32. The number of ether oxygens (including phenoxy) is 3. The van der Waals surface area contributed by atoms with Crippen molar-refractivity contribution in [1.29, 1.82) is 0 Å². The second-order valence-electron chi connectivity index (χ2n) is 6.41. The smallest absolute Gasteiger partial charge is 0.260 e. The van der Waals surface area contributed by atoms with Crippen LogP contribution in [0.3, 0.4) is 0 Å². The number of nitrogens with zero attached hydrogens (tertiary/aromatic N) is 2. The second kappa shape index (κ2) is 10.1. The van der Waals surface area contributed by atoms with E-state index < -0.39 is 29.0 Å². The van der Waals surface area contributed by atoms with Crippen LogP contribution in [0.5, 0.6) is 11.5 Å². The lowest BCUT2D eigenvalue weighted by Crippen LogP contribution is -2.43. The molecule has 0 spiro atoms. The molecule has 2 aromatic rings. The number of amides is 1. The van der Waals surface area contributed by atoms with Crippen molar-refractivity contribution < 1.29 is 36.6 Å². The first kappa shape index (κ1) is 22.3. The lowest BCUT2D eigenvalue weighted by Gasteiger charge is -2.26. The van der Waals surface area contributed by atoms with Crippen molar-refractivity contribution in [3.05, 3.63) is 53.1 Å². The summed E-state index contributed by atoms with van der Waals surface area (Å²) >= 11 is 0. The minimum atomic E-state index is -1.60. The van der Waals surface area contributed by atoms with Crippen molar-refractivity contribution in [3.63, 3.8) is 0 Å². The number of nitrogens with one attached hydrogen (secondary N) is 1. The summed E-state index contributed by atoms with van der Waals surface area (Å²) < 4.78 is 69.7. The molecule has 0 unspecified atom stereocenters. The normalized spacial score (nSPS) is 14.0. The molecule has 0 bridgehead atoms. The number of morpholine rings is 1. The fourth-order valence-electron chi connectivity index (χ4n) is 2.77. The standard InChI is InChI=1S/C20H19F4N3O4/c1-29-16-8-12(10-25-26-20-18(23)13(21)9-14(22)19(20)24)2-3-15(16)31-11-17(28)27-4-6-30-7-5-27/h2-3,8-10,26H,4-7,11H2,1H3. The number of methoxy groups -OCH3 is 1. The first-order chi connectivity index (χ1) is 14.9. The Kier molecular flexibility index (Phi) is 7.29. The molecular formula is C20H19F4N3O4. The Morgan fingerprint density at radius 1 is 1.13 bits per heavy atom. The average molecular weight is 441 g/mol. The Labute approximate surface area is 175 Å². The molecule has 1 saturated heterocycles. The SMILES string of the molecule is COc1cc(C=NNc2c(F)c(F)cc(F)c2F)ccc1OCC(=O)N1CCOCC1. The van der Waals surface area contributed by atoms with E-state index in [1.54, 1.807) is 11.0 Å². The molecule has 0 radical (unpaired) electrons. The van der Waals surface area contributed by atoms with E-state index in [2.05, 4.69) is 5.10 Å². The lowest BCUT2D eigenvalue weighted by atomic mass is 10.2. The first-order valence-electron chi connectivity index (χ1n) is 9.19. The number of anilines is 1. The molecule has 1 amide bonds. The quantitative estimate of drug-likeness (QED) is 0.310. The van der Waals surface area contributed by atoms with Gasteiger partial charge in [-0.25, -0.2) is 17.6 Å². The maximum absolute atomic E-state index is 13.6. The van der Waals surface area contributed by atoms with Gasteiger partial charge in [0.25, 0.3) is 5.91 Å². The summed E-state index contributed by atoms with van der Waals surface area (Å²) in [5, 5.41) is 3.60. The minimum Gasteiger partial charge on any atom is -0.493 e. The van der Waals surface area contributed by atoms with Crippen LogP contribution in [0.4, 0.5) is 23.2 Å². The second-order valence-corrected chi connectivity index (χ2v) is 6.41. The highest BCUT2D eigenvalue weighted by molar-refractivity contribution is 5.82. The third-order valence-electron chi connectivity index (χ3n) is 4.40. The van der Waals surface area contributed by atoms with Crippen molar-refractivity contribution in [2.45, 2.75) is 0 Å². The zero-order chi connectivity index (χ0) is 22.4. The van der Waals surface area contributed by atoms with Crippen molar-refractivity contribution in [1.82, 2.24) is 4.90 Å². The summed E-state index contributed by atoms with van der Waals surface area (Å²) in [6, 6.07) is 4.67. The molecule has 0 atom stereocenters. The molecule has 1 fully saturated rings. The number of rotatable bonds is 7. The molecule has 166 valence electrons. The van der Waals surface area contributed by atoms with E-state index >= 15 is 0 Å². The lowest BCUT2D eigenvalue weighted by molar-refractivity contribution is -0.137. The molecule has 0 aromatic heterocycles. The molecule has 1 heterocycles. The van der Waals surface area contributed by atoms with Crippen molar-refractivity contribution in [3.8, 4) is 11.5 Å². The first-order valence-corrected chi connectivity index (χ1v) is 9.19. The van der Waals surface area contributed by atoms with E-state index in [-0.39, 0.29) is 24.3 Å². The monoisotopic (exact) mass is 441 g/mol. The summed E-state index contributed by atoms with van der Waals surface area (Å²) in [5.74, 6) is -5.89. The Balaban J connectivity index is 1.65. The Morgan fingerprint density at radius 2 is 1.81 bits per heavy atom. The highest BCUT2D eigenvalue weighted by atomic mass is 19.2. The molecule has 0 aliphatic carbocycles. The van der Waals surface area contributed by atoms with Gasteiger partial charge in [0, 0.05) is 19.2 Å². The van der Waals surface area contributed by atoms with Gasteiger partial charge < -0.3 is 19.1 Å². The van der Waals surface area contributed by atoms with Crippen LogP contribution >= 0.6 is 0 Å². The van der Waals surface area contributed by atoms with Gasteiger partial charge in [-0.05, 0) is 23.8 Å². The zero-order valence-corrected chi connectivity index (χ0v) is 16.5. The van der Waals surface area contributed by atoms with Crippen molar-refractivity contribution in [2.24, 2.45) is 5.10 Å². The molecule has 3 rings (SSSR count). The van der Waals surface area contributed by atoms with Gasteiger partial charge in [-0.1, -0.05) is 0 Å². The number of carbonyl (C=O) groups excluding carboxylic acids is 1. The zero-order valence-electron chi connectivity index (χ0n) is 16.5. The molecule has 31 heavy (non-hydrogen) atoms. The van der Waals surface area contributed by atoms with Crippen LogP contribution in [0.15, 0.2) is 29.4 Å². The summed E-state index contributed by atoms with van der Waals surface area (Å²) in [6.07, 6.45) is 1.16. The molecule has 7 nitrogen and oxygen atoms in total. The van der Waals surface area contributed by atoms with Crippen LogP contribution in [0.25, 0.3) is 0 Å². The summed E-state index contributed by atoms with van der Waals surface area (Å²) in [7, 11) is 1.39. The molecule has 1 aliphatic rings. The van der Waals surface area contributed by atoms with Crippen molar-refractivity contribution in [2.75, 3.05) is 45.4 Å². The van der Waals surface area contributed by atoms with Crippen LogP contribution in [-0.2, 0) is 9.53 Å². The number of hydrogen-bond donors (Lipinski definition) is 1. The number of hydrogen-bond acceptors (Lipinski definition) is 6. The van der Waals surface area contributed by atoms with E-state index in [1.165, 1.54) is 19.2 Å². The highest BCUT2D eigenvalue weighted by Crippen LogP contribution is 2.28. The largest absolute Gasteiger partial charge is 0.493 e. The van der Waals surface area contributed by atoms with Crippen LogP contribution in [-0.4, -0.2) is 57.0 Å². The highest BCUT2D eigenvalue weighted by Gasteiger charge is 2.19. The van der Waals surface area contributed by atoms with E-state index in [0.717, 1.165) is 6.21 Å². The Morgan fingerprint density at radius 3 is 2.45 bits per heavy atom. The van der Waals surface area contributed by atoms with Gasteiger partial charge in [-0.15, -0.1) is 0 Å². The number of carbonyl (C=O) groups is 1. The van der Waals surface area contributed by atoms with E-state index in [1.807, 2.05) is 5.43 Å². The number of halogens is 4. The maximum atomic E-state index is 13.6. The molecule has 0 saturated carbocycles. The third-order valence-corrected chi connectivity index (χ3v) is 4.40. The van der Waals surface area contributed by atoms with Crippen LogP contribution < -0.4 is 14.9 Å². The number of hydrazone groups is 1. The third kappa shape index (κ3) is 5.43. The Bertz CT molecular complexity index is 955. The van der Waals surface area contributed by atoms with Gasteiger partial charge in [0.1, 0.15) is 5.69 Å². The van der Waals surface area contributed by atoms with E-state index in [4.69, 9.17) is 14.2 Å². The number of benzene rings is 2. The van der Waals surface area contributed by atoms with Gasteiger partial charge in [-0.2, -0.15) is 5.10 Å². The van der Waals surface area contributed by atoms with Crippen LogP contribution in [0.1, 0.15) is 5.56 Å². The van der Waals surface area contributed by atoms with Crippen LogP contribution in [0.2, 0.25) is 0 Å². The fraction of sp³-hybridized carbons (Fsp3) is 0.300. The van der Waals surface area contributed by atoms with Crippen molar-refractivity contribution >= 4 is 17.8 Å². The van der Waals surface area contributed by atoms with E-state index in [0.29, 0.717) is 37.6 Å². The molecular weight excluding hydrogens is 422 g/mol. The predicted molar refractivity (Wildman–Crippen MR) is 103 cm³/mol. The van der Waals surface area contributed by atoms with Gasteiger partial charge in [0.2, 0.25) is 0 Å². The molecule has 2 aromatic carbocycles. The van der Waals surface area contributed by atoms with Gasteiger partial charge >= 0.3 is 0 Å². The van der Waals surface area contributed by atoms with Gasteiger partial charge in [-0.3, -0.25) is 10.2 Å². The minimum absolute atomic E-state index is 0.104.